The van der Waals surface area contributed by atoms with E-state index in [0.29, 0.717) is 0 Å². The Balaban J connectivity index is 1.52. The first-order valence-electron chi connectivity index (χ1n) is 8.64. The van der Waals surface area contributed by atoms with Gasteiger partial charge in [-0.25, -0.2) is 0 Å². The fraction of sp³-hybridized carbons (Fsp3) is 0.556. The fourth-order valence-corrected chi connectivity index (χ4v) is 5.67. The summed E-state index contributed by atoms with van der Waals surface area (Å²) in [5.74, 6) is 1.92. The quantitative estimate of drug-likeness (QED) is 0.662. The fourth-order valence-electron chi connectivity index (χ4n) is 3.10. The van der Waals surface area contributed by atoms with Crippen molar-refractivity contribution in [2.45, 2.75) is 37.2 Å². The molecule has 2 heterocycles. The van der Waals surface area contributed by atoms with Crippen LogP contribution in [0.5, 0.6) is 0 Å². The highest BCUT2D eigenvalue weighted by atomic mass is 32.2. The molecule has 3 rings (SSSR count). The molecule has 0 amide bonds. The van der Waals surface area contributed by atoms with Crippen molar-refractivity contribution in [2.24, 2.45) is 0 Å². The molecule has 0 atom stereocenters. The van der Waals surface area contributed by atoms with E-state index < -0.39 is 0 Å². The minimum absolute atomic E-state index is 0.961. The second-order valence-corrected chi connectivity index (χ2v) is 9.48. The zero-order chi connectivity index (χ0) is 16.8. The first kappa shape index (κ1) is 18.5. The molecular weight excluding hydrogens is 372 g/mol. The van der Waals surface area contributed by atoms with Crippen molar-refractivity contribution in [3.05, 3.63) is 35.4 Å². The molecule has 2 fully saturated rings. The van der Waals surface area contributed by atoms with Crippen molar-refractivity contribution in [3.8, 4) is 0 Å². The Morgan fingerprint density at radius 3 is 1.50 bits per heavy atom. The number of hydrogen-bond acceptors (Lipinski definition) is 4. The lowest BCUT2D eigenvalue weighted by atomic mass is 10.1. The van der Waals surface area contributed by atoms with Crippen LogP contribution in [-0.2, 0) is 11.5 Å². The minimum atomic E-state index is 0.961. The topological polar surface area (TPSA) is 6.48 Å². The van der Waals surface area contributed by atoms with E-state index >= 15 is 0 Å². The molecular formula is C18H24N2S4. The molecule has 1 aromatic rings. The molecule has 0 aliphatic carbocycles. The molecule has 0 unspecified atom stereocenters. The van der Waals surface area contributed by atoms with Crippen molar-refractivity contribution < 1.29 is 0 Å². The van der Waals surface area contributed by atoms with Crippen LogP contribution >= 0.6 is 48.0 Å². The number of thioether (sulfide) groups is 2. The third kappa shape index (κ3) is 5.10. The highest BCUT2D eigenvalue weighted by Gasteiger charge is 2.17. The monoisotopic (exact) mass is 396 g/mol. The van der Waals surface area contributed by atoms with Gasteiger partial charge in [0.1, 0.15) is 8.64 Å². The van der Waals surface area contributed by atoms with Crippen LogP contribution in [0, 0.1) is 0 Å². The van der Waals surface area contributed by atoms with Crippen molar-refractivity contribution >= 4 is 56.6 Å². The van der Waals surface area contributed by atoms with Gasteiger partial charge in [0.2, 0.25) is 0 Å². The van der Waals surface area contributed by atoms with E-state index in [4.69, 9.17) is 24.4 Å². The highest BCUT2D eigenvalue weighted by Crippen LogP contribution is 2.26. The van der Waals surface area contributed by atoms with Crippen molar-refractivity contribution in [1.82, 2.24) is 9.80 Å². The standard InChI is InChI=1S/C18H24N2S4/c21-17(19-9-3-4-10-19)23-13-15-7-1-2-8-16(15)14-24-18(22)20-11-5-6-12-20/h1-2,7-8H,3-6,9-14H2. The van der Waals surface area contributed by atoms with E-state index in [1.165, 1.54) is 36.8 Å². The lowest BCUT2D eigenvalue weighted by molar-refractivity contribution is 0.539. The van der Waals surface area contributed by atoms with Gasteiger partial charge in [-0.05, 0) is 36.8 Å². The summed E-state index contributed by atoms with van der Waals surface area (Å²) >= 11 is 14.8. The van der Waals surface area contributed by atoms with Gasteiger partial charge in [0.25, 0.3) is 0 Å². The van der Waals surface area contributed by atoms with Gasteiger partial charge >= 0.3 is 0 Å². The van der Waals surface area contributed by atoms with E-state index in [-0.39, 0.29) is 0 Å². The maximum absolute atomic E-state index is 5.59. The van der Waals surface area contributed by atoms with Crippen LogP contribution in [0.3, 0.4) is 0 Å². The highest BCUT2D eigenvalue weighted by molar-refractivity contribution is 8.22. The van der Waals surface area contributed by atoms with Gasteiger partial charge in [0, 0.05) is 37.7 Å². The summed E-state index contributed by atoms with van der Waals surface area (Å²) in [6, 6.07) is 8.71. The van der Waals surface area contributed by atoms with Gasteiger partial charge in [-0.1, -0.05) is 72.2 Å². The number of hydrogen-bond donors (Lipinski definition) is 0. The maximum atomic E-state index is 5.59. The van der Waals surface area contributed by atoms with E-state index in [1.54, 1.807) is 23.5 Å². The molecule has 0 bridgehead atoms. The third-order valence-electron chi connectivity index (χ3n) is 4.55. The summed E-state index contributed by atoms with van der Waals surface area (Å²) in [7, 11) is 0. The van der Waals surface area contributed by atoms with Gasteiger partial charge in [-0.15, -0.1) is 0 Å². The Bertz CT molecular complexity index is 527. The average molecular weight is 397 g/mol. The lowest BCUT2D eigenvalue weighted by Crippen LogP contribution is -2.23. The summed E-state index contributed by atoms with van der Waals surface area (Å²) in [6.45, 7) is 4.53. The largest absolute Gasteiger partial charge is 0.358 e. The average Bonchev–Trinajstić information content (AvgIpc) is 3.31. The minimum Gasteiger partial charge on any atom is -0.358 e. The number of rotatable bonds is 4. The Morgan fingerprint density at radius 2 is 1.12 bits per heavy atom. The first-order valence-corrected chi connectivity index (χ1v) is 11.4. The molecule has 6 heteroatoms. The number of nitrogens with zero attached hydrogens (tertiary/aromatic N) is 2. The van der Waals surface area contributed by atoms with Gasteiger partial charge in [-0.3, -0.25) is 0 Å². The van der Waals surface area contributed by atoms with Gasteiger partial charge in [-0.2, -0.15) is 0 Å². The Hall–Kier alpha value is -0.300. The zero-order valence-corrected chi connectivity index (χ0v) is 17.2. The van der Waals surface area contributed by atoms with Crippen LogP contribution in [0.15, 0.2) is 24.3 Å². The lowest BCUT2D eigenvalue weighted by Gasteiger charge is -2.19. The summed E-state index contributed by atoms with van der Waals surface area (Å²) < 4.78 is 2.12. The molecule has 0 N–H and O–H groups in total. The van der Waals surface area contributed by atoms with Gasteiger partial charge < -0.3 is 9.80 Å². The Kier molecular flexibility index (Phi) is 7.25. The van der Waals surface area contributed by atoms with Gasteiger partial charge in [0.15, 0.2) is 0 Å². The smallest absolute Gasteiger partial charge is 0.136 e. The van der Waals surface area contributed by atoms with Gasteiger partial charge in [0.05, 0.1) is 0 Å². The summed E-state index contributed by atoms with van der Waals surface area (Å²) in [4.78, 5) is 4.69. The molecule has 2 nitrogen and oxygen atoms in total. The molecule has 0 spiro atoms. The van der Waals surface area contributed by atoms with Crippen LogP contribution in [0.1, 0.15) is 36.8 Å². The molecule has 130 valence electrons. The number of likely N-dealkylation sites (tertiary alicyclic amines) is 2. The first-order chi connectivity index (χ1) is 11.7. The molecule has 2 aliphatic heterocycles. The van der Waals surface area contributed by atoms with Crippen LogP contribution in [0.4, 0.5) is 0 Å². The second-order valence-electron chi connectivity index (χ2n) is 6.27. The van der Waals surface area contributed by atoms with Crippen LogP contribution in [-0.4, -0.2) is 44.6 Å². The maximum Gasteiger partial charge on any atom is 0.136 e. The van der Waals surface area contributed by atoms with Crippen molar-refractivity contribution in [3.63, 3.8) is 0 Å². The number of thiocarbonyl (C=S) groups is 2. The Morgan fingerprint density at radius 1 is 0.750 bits per heavy atom. The molecule has 1 aromatic carbocycles. The summed E-state index contributed by atoms with van der Waals surface area (Å²) in [6.07, 6.45) is 5.12. The SMILES string of the molecule is S=C(SCc1ccccc1CSC(=S)N1CCCC1)N1CCCC1. The molecule has 24 heavy (non-hydrogen) atoms. The molecule has 0 saturated carbocycles. The van der Waals surface area contributed by atoms with E-state index in [0.717, 1.165) is 46.3 Å². The second kappa shape index (κ2) is 9.41. The predicted octanol–water partition coefficient (Wildman–Crippen LogP) is 4.91. The summed E-state index contributed by atoms with van der Waals surface area (Å²) in [5.41, 5.74) is 2.78. The summed E-state index contributed by atoms with van der Waals surface area (Å²) in [5, 5.41) is 0. The zero-order valence-electron chi connectivity index (χ0n) is 13.9. The predicted molar refractivity (Wildman–Crippen MR) is 116 cm³/mol. The normalized spacial score (nSPS) is 17.5. The molecule has 0 aromatic heterocycles. The van der Waals surface area contributed by atoms with Crippen molar-refractivity contribution in [1.29, 1.82) is 0 Å². The number of benzene rings is 1. The van der Waals surface area contributed by atoms with Crippen LogP contribution < -0.4 is 0 Å². The van der Waals surface area contributed by atoms with Crippen LogP contribution in [0.25, 0.3) is 0 Å². The Labute approximate surface area is 164 Å². The van der Waals surface area contributed by atoms with E-state index in [2.05, 4.69) is 34.1 Å². The van der Waals surface area contributed by atoms with E-state index in [1.807, 2.05) is 0 Å². The van der Waals surface area contributed by atoms with Crippen LogP contribution in [0.2, 0.25) is 0 Å². The molecule has 0 radical (unpaired) electrons. The van der Waals surface area contributed by atoms with E-state index in [9.17, 15) is 0 Å². The third-order valence-corrected chi connectivity index (χ3v) is 7.69. The molecule has 2 aliphatic rings. The molecule has 2 saturated heterocycles. The van der Waals surface area contributed by atoms with Crippen molar-refractivity contribution in [2.75, 3.05) is 26.2 Å².